The van der Waals surface area contributed by atoms with Crippen molar-refractivity contribution in [2.45, 2.75) is 19.4 Å². The molecule has 1 atom stereocenters. The third-order valence-corrected chi connectivity index (χ3v) is 6.03. The molecule has 174 valence electrons. The van der Waals surface area contributed by atoms with E-state index in [4.69, 9.17) is 25.8 Å². The van der Waals surface area contributed by atoms with Crippen LogP contribution in [0.3, 0.4) is 0 Å². The average molecular weight is 485 g/mol. The number of esters is 1. The number of sulfonamides is 1. The first kappa shape index (κ1) is 25.3. The van der Waals surface area contributed by atoms with Gasteiger partial charge in [-0.25, -0.2) is 13.2 Å². The van der Waals surface area contributed by atoms with Crippen molar-refractivity contribution in [1.82, 2.24) is 0 Å². The van der Waals surface area contributed by atoms with Crippen molar-refractivity contribution in [2.75, 3.05) is 37.2 Å². The Morgan fingerprint density at radius 2 is 1.62 bits per heavy atom. The van der Waals surface area contributed by atoms with E-state index >= 15 is 0 Å². The van der Waals surface area contributed by atoms with Crippen LogP contribution in [0.1, 0.15) is 23.7 Å². The van der Waals surface area contributed by atoms with Crippen LogP contribution in [0.5, 0.6) is 11.5 Å². The molecule has 11 heteroatoms. The number of hydrogen-bond acceptors (Lipinski definition) is 7. The van der Waals surface area contributed by atoms with E-state index in [-0.39, 0.29) is 34.9 Å². The molecule has 0 saturated carbocycles. The van der Waals surface area contributed by atoms with Crippen LogP contribution in [0, 0.1) is 0 Å². The average Bonchev–Trinajstić information content (AvgIpc) is 2.76. The summed E-state index contributed by atoms with van der Waals surface area (Å²) < 4.78 is 41.4. The van der Waals surface area contributed by atoms with Crippen molar-refractivity contribution in [2.24, 2.45) is 0 Å². The van der Waals surface area contributed by atoms with E-state index in [0.29, 0.717) is 5.02 Å². The first-order chi connectivity index (χ1) is 15.1. The number of methoxy groups -OCH3 is 3. The number of carbonyl (C=O) groups is 2. The minimum atomic E-state index is -3.84. The number of amides is 1. The van der Waals surface area contributed by atoms with Crippen LogP contribution in [0.25, 0.3) is 0 Å². The van der Waals surface area contributed by atoms with Gasteiger partial charge in [-0.2, -0.15) is 0 Å². The van der Waals surface area contributed by atoms with E-state index in [1.165, 1.54) is 57.7 Å². The molecule has 0 radical (unpaired) electrons. The molecule has 0 aliphatic carbocycles. The summed E-state index contributed by atoms with van der Waals surface area (Å²) in [6.45, 7) is 1.67. The molecular formula is C21H25ClN2O7S. The van der Waals surface area contributed by atoms with Crippen LogP contribution in [0.15, 0.2) is 36.4 Å². The molecule has 9 nitrogen and oxygen atoms in total. The van der Waals surface area contributed by atoms with E-state index < -0.39 is 27.9 Å². The Balaban J connectivity index is 2.52. The highest BCUT2D eigenvalue weighted by Gasteiger charge is 2.32. The first-order valence-electron chi connectivity index (χ1n) is 9.47. The van der Waals surface area contributed by atoms with Crippen LogP contribution in [0.4, 0.5) is 11.4 Å². The molecule has 1 N–H and O–H groups in total. The molecule has 0 heterocycles. The quantitative estimate of drug-likeness (QED) is 0.543. The maximum Gasteiger partial charge on any atom is 0.340 e. The van der Waals surface area contributed by atoms with Gasteiger partial charge >= 0.3 is 5.97 Å². The summed E-state index contributed by atoms with van der Waals surface area (Å²) in [5.74, 6) is -0.838. The number of rotatable bonds is 9. The van der Waals surface area contributed by atoms with Crippen molar-refractivity contribution in [3.8, 4) is 11.5 Å². The lowest BCUT2D eigenvalue weighted by Gasteiger charge is -2.30. The standard InChI is InChI=1S/C21H25ClN2O7S/c1-6-17(24(32(5,27)28)14-9-7-13(22)8-10-14)20(25)23-16-12-19(30-3)18(29-2)11-15(16)21(26)31-4/h7-12,17H,6H2,1-5H3,(H,23,25)/t17-/m1/s1. The number of carbonyl (C=O) groups excluding carboxylic acids is 2. The third-order valence-electron chi connectivity index (χ3n) is 4.60. The van der Waals surface area contributed by atoms with Gasteiger partial charge in [-0.05, 0) is 30.7 Å². The lowest BCUT2D eigenvalue weighted by Crippen LogP contribution is -2.47. The summed E-state index contributed by atoms with van der Waals surface area (Å²) in [5.41, 5.74) is 0.382. The topological polar surface area (TPSA) is 111 Å². The highest BCUT2D eigenvalue weighted by Crippen LogP contribution is 2.34. The van der Waals surface area contributed by atoms with Crippen LogP contribution in [0.2, 0.25) is 5.02 Å². The van der Waals surface area contributed by atoms with Crippen molar-refractivity contribution in [3.63, 3.8) is 0 Å². The summed E-state index contributed by atoms with van der Waals surface area (Å²) in [4.78, 5) is 25.5. The van der Waals surface area contributed by atoms with Gasteiger partial charge in [-0.1, -0.05) is 18.5 Å². The highest BCUT2D eigenvalue weighted by atomic mass is 35.5. The second kappa shape index (κ2) is 10.6. The van der Waals surface area contributed by atoms with Gasteiger partial charge in [0.15, 0.2) is 11.5 Å². The Kier molecular flexibility index (Phi) is 8.34. The lowest BCUT2D eigenvalue weighted by atomic mass is 10.1. The fourth-order valence-electron chi connectivity index (χ4n) is 3.13. The number of ether oxygens (including phenoxy) is 3. The SMILES string of the molecule is CC[C@H](C(=O)Nc1cc(OC)c(OC)cc1C(=O)OC)N(c1ccc(Cl)cc1)S(C)(=O)=O. The van der Waals surface area contributed by atoms with E-state index in [2.05, 4.69) is 5.32 Å². The summed E-state index contributed by atoms with van der Waals surface area (Å²) in [6.07, 6.45) is 1.16. The van der Waals surface area contributed by atoms with E-state index in [0.717, 1.165) is 10.6 Å². The van der Waals surface area contributed by atoms with Crippen molar-refractivity contribution < 1.29 is 32.2 Å². The van der Waals surface area contributed by atoms with Gasteiger partial charge in [0, 0.05) is 17.2 Å². The van der Waals surface area contributed by atoms with Crippen LogP contribution in [-0.4, -0.2) is 53.9 Å². The normalized spacial score (nSPS) is 11.9. The molecular weight excluding hydrogens is 460 g/mol. The molecule has 2 rings (SSSR count). The van der Waals surface area contributed by atoms with Gasteiger partial charge < -0.3 is 19.5 Å². The molecule has 0 aliphatic rings. The Labute approximate surface area is 192 Å². The zero-order chi connectivity index (χ0) is 24.1. The summed E-state index contributed by atoms with van der Waals surface area (Å²) in [5, 5.41) is 3.05. The Morgan fingerprint density at radius 3 is 2.09 bits per heavy atom. The number of nitrogens with one attached hydrogen (secondary N) is 1. The monoisotopic (exact) mass is 484 g/mol. The fourth-order valence-corrected chi connectivity index (χ4v) is 4.46. The Bertz CT molecular complexity index is 1090. The van der Waals surface area contributed by atoms with Crippen molar-refractivity contribution in [1.29, 1.82) is 0 Å². The van der Waals surface area contributed by atoms with Crippen molar-refractivity contribution in [3.05, 3.63) is 47.0 Å². The van der Waals surface area contributed by atoms with Crippen molar-refractivity contribution >= 4 is 44.9 Å². The van der Waals surface area contributed by atoms with Crippen LogP contribution in [-0.2, 0) is 19.6 Å². The van der Waals surface area contributed by atoms with Crippen LogP contribution < -0.4 is 19.1 Å². The van der Waals surface area contributed by atoms with E-state index in [1.54, 1.807) is 6.92 Å². The van der Waals surface area contributed by atoms with Gasteiger partial charge in [-0.3, -0.25) is 9.10 Å². The van der Waals surface area contributed by atoms with Gasteiger partial charge in [0.2, 0.25) is 15.9 Å². The van der Waals surface area contributed by atoms with Gasteiger partial charge in [-0.15, -0.1) is 0 Å². The van der Waals surface area contributed by atoms with Gasteiger partial charge in [0.05, 0.1) is 44.5 Å². The largest absolute Gasteiger partial charge is 0.493 e. The van der Waals surface area contributed by atoms with Crippen LogP contribution >= 0.6 is 11.6 Å². The second-order valence-electron chi connectivity index (χ2n) is 6.69. The highest BCUT2D eigenvalue weighted by molar-refractivity contribution is 7.92. The third kappa shape index (κ3) is 5.63. The van der Waals surface area contributed by atoms with E-state index in [9.17, 15) is 18.0 Å². The molecule has 0 aliphatic heterocycles. The molecule has 0 aromatic heterocycles. The fraction of sp³-hybridized carbons (Fsp3) is 0.333. The Hall–Kier alpha value is -2.98. The second-order valence-corrected chi connectivity index (χ2v) is 8.99. The predicted octanol–water partition coefficient (Wildman–Crippen LogP) is 3.33. The molecule has 0 bridgehead atoms. The molecule has 1 amide bonds. The molecule has 0 spiro atoms. The van der Waals surface area contributed by atoms with Gasteiger partial charge in [0.1, 0.15) is 6.04 Å². The smallest absolute Gasteiger partial charge is 0.340 e. The van der Waals surface area contributed by atoms with E-state index in [1.807, 2.05) is 0 Å². The molecule has 0 unspecified atom stereocenters. The summed E-state index contributed by atoms with van der Waals surface area (Å²) in [6, 6.07) is 7.75. The number of hydrogen-bond donors (Lipinski definition) is 1. The summed E-state index contributed by atoms with van der Waals surface area (Å²) >= 11 is 5.91. The first-order valence-corrected chi connectivity index (χ1v) is 11.7. The number of nitrogens with zero attached hydrogens (tertiary/aromatic N) is 1. The molecule has 0 saturated heterocycles. The predicted molar refractivity (Wildman–Crippen MR) is 122 cm³/mol. The zero-order valence-corrected chi connectivity index (χ0v) is 19.9. The number of benzene rings is 2. The summed E-state index contributed by atoms with van der Waals surface area (Å²) in [7, 11) is 0.167. The maximum absolute atomic E-state index is 13.2. The minimum absolute atomic E-state index is 0.0192. The maximum atomic E-state index is 13.2. The lowest BCUT2D eigenvalue weighted by molar-refractivity contribution is -0.117. The minimum Gasteiger partial charge on any atom is -0.493 e. The number of anilines is 2. The molecule has 0 fully saturated rings. The zero-order valence-electron chi connectivity index (χ0n) is 18.3. The molecule has 32 heavy (non-hydrogen) atoms. The molecule has 2 aromatic carbocycles. The van der Waals surface area contributed by atoms with Gasteiger partial charge in [0.25, 0.3) is 0 Å². The molecule has 2 aromatic rings. The Morgan fingerprint density at radius 1 is 1.06 bits per heavy atom. The number of halogens is 1.